The average molecular weight is 352 g/mol. The van der Waals surface area contributed by atoms with E-state index in [1.165, 1.54) is 25.7 Å². The van der Waals surface area contributed by atoms with Crippen molar-refractivity contribution in [3.63, 3.8) is 0 Å². The minimum atomic E-state index is -2.97. The van der Waals surface area contributed by atoms with Gasteiger partial charge in [-0.05, 0) is 31.1 Å². The molecule has 6 heteroatoms. The predicted molar refractivity (Wildman–Crippen MR) is 79.0 cm³/mol. The first kappa shape index (κ1) is 15.3. The third-order valence-corrected chi connectivity index (χ3v) is 7.01. The van der Waals surface area contributed by atoms with Gasteiger partial charge in [-0.15, -0.1) is 0 Å². The van der Waals surface area contributed by atoms with E-state index in [0.29, 0.717) is 24.8 Å². The molecule has 1 amide bonds. The fourth-order valence-corrected chi connectivity index (χ4v) is 5.73. The molecule has 0 aromatic carbocycles. The zero-order chi connectivity index (χ0) is 13.9. The van der Waals surface area contributed by atoms with Crippen molar-refractivity contribution in [1.82, 2.24) is 5.32 Å². The highest BCUT2D eigenvalue weighted by atomic mass is 79.9. The number of amides is 1. The van der Waals surface area contributed by atoms with Crippen molar-refractivity contribution < 1.29 is 13.2 Å². The van der Waals surface area contributed by atoms with E-state index >= 15 is 0 Å². The molecule has 110 valence electrons. The Hall–Kier alpha value is -0.100. The molecule has 1 aliphatic heterocycles. The first-order chi connectivity index (χ1) is 9.02. The topological polar surface area (TPSA) is 63.2 Å². The first-order valence-corrected chi connectivity index (χ1v) is 10.00. The number of sulfone groups is 1. The molecular formula is C13H22BrNO3S. The minimum Gasteiger partial charge on any atom is -0.356 e. The fourth-order valence-electron chi connectivity index (χ4n) is 3.13. The van der Waals surface area contributed by atoms with Gasteiger partial charge in [-0.3, -0.25) is 4.79 Å². The Kier molecular flexibility index (Phi) is 5.29. The van der Waals surface area contributed by atoms with Crippen LogP contribution in [0, 0.1) is 17.8 Å². The number of carbonyl (C=O) groups excluding carboxylic acids is 1. The zero-order valence-electron chi connectivity index (χ0n) is 11.1. The SMILES string of the molecule is O=C(NCC1CCCCC1CBr)C1CCS(=O)(=O)C1. The summed E-state index contributed by atoms with van der Waals surface area (Å²) in [7, 11) is -2.97. The van der Waals surface area contributed by atoms with E-state index in [1.54, 1.807) is 0 Å². The van der Waals surface area contributed by atoms with Crippen LogP contribution in [0.5, 0.6) is 0 Å². The molecule has 1 saturated carbocycles. The lowest BCUT2D eigenvalue weighted by molar-refractivity contribution is -0.124. The van der Waals surface area contributed by atoms with Gasteiger partial charge in [0, 0.05) is 11.9 Å². The predicted octanol–water partition coefficient (Wildman–Crippen LogP) is 1.74. The van der Waals surface area contributed by atoms with Crippen LogP contribution in [0.15, 0.2) is 0 Å². The first-order valence-electron chi connectivity index (χ1n) is 7.06. The number of hydrogen-bond donors (Lipinski definition) is 1. The summed E-state index contributed by atoms with van der Waals surface area (Å²) in [4.78, 5) is 12.0. The van der Waals surface area contributed by atoms with Crippen LogP contribution in [0.25, 0.3) is 0 Å². The van der Waals surface area contributed by atoms with Gasteiger partial charge >= 0.3 is 0 Å². The Labute approximate surface area is 123 Å². The van der Waals surface area contributed by atoms with Crippen LogP contribution in [0.1, 0.15) is 32.1 Å². The summed E-state index contributed by atoms with van der Waals surface area (Å²) in [6.45, 7) is 0.700. The number of halogens is 1. The quantitative estimate of drug-likeness (QED) is 0.784. The standard InChI is InChI=1S/C13H22BrNO3S/c14-7-10-3-1-2-4-11(10)8-15-13(16)12-5-6-19(17,18)9-12/h10-12H,1-9H2,(H,15,16). The van der Waals surface area contributed by atoms with Gasteiger partial charge < -0.3 is 5.32 Å². The second-order valence-corrected chi connectivity index (χ2v) is 8.68. The van der Waals surface area contributed by atoms with Crippen molar-refractivity contribution in [1.29, 1.82) is 0 Å². The Morgan fingerprint density at radius 3 is 2.42 bits per heavy atom. The molecule has 0 bridgehead atoms. The third-order valence-electron chi connectivity index (χ3n) is 4.41. The molecule has 2 aliphatic rings. The molecule has 1 aliphatic carbocycles. The summed E-state index contributed by atoms with van der Waals surface area (Å²) < 4.78 is 22.7. The van der Waals surface area contributed by atoms with Gasteiger partial charge in [0.1, 0.15) is 0 Å². The maximum atomic E-state index is 12.0. The van der Waals surface area contributed by atoms with Crippen molar-refractivity contribution in [2.24, 2.45) is 17.8 Å². The van der Waals surface area contributed by atoms with Gasteiger partial charge in [-0.2, -0.15) is 0 Å². The van der Waals surface area contributed by atoms with Gasteiger partial charge in [0.25, 0.3) is 0 Å². The van der Waals surface area contributed by atoms with E-state index in [9.17, 15) is 13.2 Å². The second kappa shape index (κ2) is 6.57. The molecule has 2 rings (SSSR count). The zero-order valence-corrected chi connectivity index (χ0v) is 13.5. The van der Waals surface area contributed by atoms with Crippen molar-refractivity contribution >= 4 is 31.7 Å². The molecule has 1 heterocycles. The molecule has 0 radical (unpaired) electrons. The van der Waals surface area contributed by atoms with E-state index in [0.717, 1.165) is 5.33 Å². The molecule has 1 saturated heterocycles. The molecule has 0 aromatic rings. The van der Waals surface area contributed by atoms with Gasteiger partial charge in [0.15, 0.2) is 9.84 Å². The molecule has 4 nitrogen and oxygen atoms in total. The molecule has 19 heavy (non-hydrogen) atoms. The van der Waals surface area contributed by atoms with Gasteiger partial charge in [0.05, 0.1) is 17.4 Å². The van der Waals surface area contributed by atoms with E-state index in [1.807, 2.05) is 0 Å². The van der Waals surface area contributed by atoms with Gasteiger partial charge in [-0.1, -0.05) is 28.8 Å². The van der Waals surface area contributed by atoms with E-state index < -0.39 is 9.84 Å². The molecule has 2 fully saturated rings. The number of carbonyl (C=O) groups is 1. The van der Waals surface area contributed by atoms with Crippen molar-refractivity contribution in [3.8, 4) is 0 Å². The Bertz CT molecular complexity index is 424. The summed E-state index contributed by atoms with van der Waals surface area (Å²) in [6, 6.07) is 0. The number of nitrogens with one attached hydrogen (secondary N) is 1. The highest BCUT2D eigenvalue weighted by molar-refractivity contribution is 9.09. The van der Waals surface area contributed by atoms with E-state index in [2.05, 4.69) is 21.2 Å². The second-order valence-electron chi connectivity index (χ2n) is 5.80. The van der Waals surface area contributed by atoms with Crippen LogP contribution in [0.2, 0.25) is 0 Å². The maximum Gasteiger partial charge on any atom is 0.224 e. The fraction of sp³-hybridized carbons (Fsp3) is 0.923. The summed E-state index contributed by atoms with van der Waals surface area (Å²) in [5, 5.41) is 3.96. The van der Waals surface area contributed by atoms with Gasteiger partial charge in [0.2, 0.25) is 5.91 Å². The van der Waals surface area contributed by atoms with E-state index in [-0.39, 0.29) is 23.3 Å². The summed E-state index contributed by atoms with van der Waals surface area (Å²) in [6.07, 6.45) is 5.40. The molecule has 1 N–H and O–H groups in total. The lowest BCUT2D eigenvalue weighted by atomic mass is 9.80. The Balaban J connectivity index is 1.80. The summed E-state index contributed by atoms with van der Waals surface area (Å²) >= 11 is 3.55. The van der Waals surface area contributed by atoms with Crippen molar-refractivity contribution in [2.75, 3.05) is 23.4 Å². The van der Waals surface area contributed by atoms with Crippen LogP contribution >= 0.6 is 15.9 Å². The van der Waals surface area contributed by atoms with E-state index in [4.69, 9.17) is 0 Å². The Morgan fingerprint density at radius 2 is 1.84 bits per heavy atom. The van der Waals surface area contributed by atoms with Crippen LogP contribution in [-0.2, 0) is 14.6 Å². The van der Waals surface area contributed by atoms with Gasteiger partial charge in [-0.25, -0.2) is 8.42 Å². The van der Waals surface area contributed by atoms with Crippen LogP contribution in [0.4, 0.5) is 0 Å². The lowest BCUT2D eigenvalue weighted by Gasteiger charge is -2.30. The molecule has 3 atom stereocenters. The number of hydrogen-bond acceptors (Lipinski definition) is 3. The van der Waals surface area contributed by atoms with Crippen LogP contribution in [0.3, 0.4) is 0 Å². The normalized spacial score (nSPS) is 34.1. The van der Waals surface area contributed by atoms with Crippen LogP contribution < -0.4 is 5.32 Å². The minimum absolute atomic E-state index is 0.0331. The molecule has 0 aromatic heterocycles. The summed E-state index contributed by atoms with van der Waals surface area (Å²) in [5.74, 6) is 0.983. The van der Waals surface area contributed by atoms with Crippen molar-refractivity contribution in [2.45, 2.75) is 32.1 Å². The number of alkyl halides is 1. The molecular weight excluding hydrogens is 330 g/mol. The lowest BCUT2D eigenvalue weighted by Crippen LogP contribution is -2.38. The number of rotatable bonds is 4. The van der Waals surface area contributed by atoms with Crippen LogP contribution in [-0.4, -0.2) is 37.7 Å². The summed E-state index contributed by atoms with van der Waals surface area (Å²) in [5.41, 5.74) is 0. The Morgan fingerprint density at radius 1 is 1.16 bits per heavy atom. The van der Waals surface area contributed by atoms with Crippen molar-refractivity contribution in [3.05, 3.63) is 0 Å². The molecule has 3 unspecified atom stereocenters. The molecule has 0 spiro atoms. The highest BCUT2D eigenvalue weighted by Crippen LogP contribution is 2.31. The highest BCUT2D eigenvalue weighted by Gasteiger charge is 2.33. The monoisotopic (exact) mass is 351 g/mol. The largest absolute Gasteiger partial charge is 0.356 e. The average Bonchev–Trinajstić information content (AvgIpc) is 2.76. The third kappa shape index (κ3) is 4.18. The maximum absolute atomic E-state index is 12.0. The smallest absolute Gasteiger partial charge is 0.224 e.